The number of rotatable bonds is 3. The van der Waals surface area contributed by atoms with E-state index in [9.17, 15) is 13.2 Å². The lowest BCUT2D eigenvalue weighted by atomic mass is 10.2. The maximum Gasteiger partial charge on any atom is 0.389 e. The molecule has 7 heteroatoms. The van der Waals surface area contributed by atoms with E-state index in [1.807, 2.05) is 24.3 Å². The molecule has 21 heavy (non-hydrogen) atoms. The molecule has 3 aromatic rings. The monoisotopic (exact) mass is 311 g/mol. The number of nitrogens with zero attached hydrogens (tertiary/aromatic N) is 2. The number of para-hydroxylation sites is 1. The number of aromatic amines is 1. The molecule has 0 unspecified atom stereocenters. The Bertz CT molecular complexity index is 848. The molecule has 0 atom stereocenters. The molecule has 3 rings (SSSR count). The number of benzene rings is 1. The molecule has 0 aliphatic carbocycles. The Hall–Kier alpha value is -1.89. The average Bonchev–Trinajstić information content (AvgIpc) is 2.74. The van der Waals surface area contributed by atoms with Gasteiger partial charge in [0.15, 0.2) is 4.77 Å². The van der Waals surface area contributed by atoms with E-state index in [2.05, 4.69) is 9.97 Å². The van der Waals surface area contributed by atoms with Gasteiger partial charge in [-0.25, -0.2) is 0 Å². The largest absolute Gasteiger partial charge is 0.389 e. The Kier molecular flexibility index (Phi) is 3.44. The number of imidazole rings is 1. The van der Waals surface area contributed by atoms with Crippen molar-refractivity contribution in [1.82, 2.24) is 14.5 Å². The number of aryl methyl sites for hydroxylation is 1. The van der Waals surface area contributed by atoms with E-state index in [0.717, 1.165) is 21.9 Å². The van der Waals surface area contributed by atoms with E-state index in [4.69, 9.17) is 12.2 Å². The summed E-state index contributed by atoms with van der Waals surface area (Å²) in [6.45, 7) is 0.229. The van der Waals surface area contributed by atoms with Gasteiger partial charge in [-0.05, 0) is 24.7 Å². The van der Waals surface area contributed by atoms with Gasteiger partial charge in [0.1, 0.15) is 0 Å². The summed E-state index contributed by atoms with van der Waals surface area (Å²) in [6.07, 6.45) is -3.29. The smallest absolute Gasteiger partial charge is 0.329 e. The van der Waals surface area contributed by atoms with Crippen LogP contribution in [0.3, 0.4) is 0 Å². The molecule has 0 spiro atoms. The zero-order chi connectivity index (χ0) is 15.0. The minimum Gasteiger partial charge on any atom is -0.329 e. The van der Waals surface area contributed by atoms with Crippen LogP contribution >= 0.6 is 12.2 Å². The number of nitrogens with one attached hydrogen (secondary N) is 1. The summed E-state index contributed by atoms with van der Waals surface area (Å²) in [6, 6.07) is 7.51. The van der Waals surface area contributed by atoms with Gasteiger partial charge in [-0.15, -0.1) is 0 Å². The predicted molar refractivity (Wildman–Crippen MR) is 77.7 cm³/mol. The van der Waals surface area contributed by atoms with Gasteiger partial charge in [-0.3, -0.25) is 4.98 Å². The highest BCUT2D eigenvalue weighted by molar-refractivity contribution is 7.71. The number of hydrogen-bond donors (Lipinski definition) is 1. The van der Waals surface area contributed by atoms with E-state index in [0.29, 0.717) is 4.77 Å². The van der Waals surface area contributed by atoms with Crippen molar-refractivity contribution in [2.75, 3.05) is 0 Å². The molecule has 3 nitrogen and oxygen atoms in total. The Labute approximate surface area is 123 Å². The quantitative estimate of drug-likeness (QED) is 0.718. The molecule has 1 N–H and O–H groups in total. The number of hydrogen-bond acceptors (Lipinski definition) is 2. The zero-order valence-corrected chi connectivity index (χ0v) is 11.8. The Morgan fingerprint density at radius 2 is 2.00 bits per heavy atom. The van der Waals surface area contributed by atoms with Crippen molar-refractivity contribution in [2.45, 2.75) is 25.6 Å². The van der Waals surface area contributed by atoms with Crippen LogP contribution in [0.2, 0.25) is 0 Å². The molecule has 2 aromatic heterocycles. The molecule has 0 saturated heterocycles. The third kappa shape index (κ3) is 2.78. The van der Waals surface area contributed by atoms with Crippen LogP contribution in [-0.2, 0) is 6.54 Å². The second kappa shape index (κ2) is 5.14. The number of pyridine rings is 1. The molecule has 2 heterocycles. The van der Waals surface area contributed by atoms with Gasteiger partial charge in [0.2, 0.25) is 0 Å². The SMILES string of the molecule is FC(F)(F)CCCn1c(=S)[nH]c2cnc3ccccc3c21. The first-order valence-corrected chi connectivity index (χ1v) is 6.89. The van der Waals surface area contributed by atoms with E-state index >= 15 is 0 Å². The third-order valence-electron chi connectivity index (χ3n) is 3.35. The first-order valence-electron chi connectivity index (χ1n) is 6.49. The van der Waals surface area contributed by atoms with Crippen LogP contribution in [0.15, 0.2) is 30.5 Å². The standard InChI is InChI=1S/C14H12F3N3S/c15-14(16,17)6-3-7-20-12-9-4-1-2-5-10(9)18-8-11(12)19-13(20)21/h1-2,4-5,8H,3,6-7H2,(H,19,21). The Balaban J connectivity index is 2.07. The molecule has 0 bridgehead atoms. The highest BCUT2D eigenvalue weighted by Crippen LogP contribution is 2.26. The van der Waals surface area contributed by atoms with Gasteiger partial charge in [-0.2, -0.15) is 13.2 Å². The summed E-state index contributed by atoms with van der Waals surface area (Å²) in [7, 11) is 0. The molecule has 0 saturated carbocycles. The number of halogens is 3. The minimum absolute atomic E-state index is 0.00140. The van der Waals surface area contributed by atoms with Crippen LogP contribution in [0.5, 0.6) is 0 Å². The molecule has 0 radical (unpaired) electrons. The molecule has 0 fully saturated rings. The lowest BCUT2D eigenvalue weighted by Crippen LogP contribution is -2.09. The molecule has 0 aliphatic rings. The summed E-state index contributed by atoms with van der Waals surface area (Å²) in [5.41, 5.74) is 2.35. The van der Waals surface area contributed by atoms with Crippen LogP contribution in [0.1, 0.15) is 12.8 Å². The molecule has 110 valence electrons. The van der Waals surface area contributed by atoms with E-state index in [1.54, 1.807) is 10.8 Å². The average molecular weight is 311 g/mol. The summed E-state index contributed by atoms with van der Waals surface area (Å²) in [5, 5.41) is 0.884. The fourth-order valence-corrected chi connectivity index (χ4v) is 2.74. The van der Waals surface area contributed by atoms with Crippen molar-refractivity contribution in [3.63, 3.8) is 0 Å². The number of H-pyrrole nitrogens is 1. The highest BCUT2D eigenvalue weighted by Gasteiger charge is 2.26. The van der Waals surface area contributed by atoms with Crippen molar-refractivity contribution in [3.8, 4) is 0 Å². The maximum atomic E-state index is 12.3. The van der Waals surface area contributed by atoms with Gasteiger partial charge in [0.25, 0.3) is 0 Å². The van der Waals surface area contributed by atoms with Crippen molar-refractivity contribution >= 4 is 34.2 Å². The zero-order valence-electron chi connectivity index (χ0n) is 10.9. The third-order valence-corrected chi connectivity index (χ3v) is 3.67. The molecule has 1 aromatic carbocycles. The lowest BCUT2D eigenvalue weighted by Gasteiger charge is -2.08. The molecule has 0 amide bonds. The second-order valence-electron chi connectivity index (χ2n) is 4.84. The van der Waals surface area contributed by atoms with Gasteiger partial charge < -0.3 is 9.55 Å². The van der Waals surface area contributed by atoms with Crippen LogP contribution in [0.4, 0.5) is 13.2 Å². The first kappa shape index (κ1) is 14.1. The summed E-state index contributed by atoms with van der Waals surface area (Å²) >= 11 is 5.22. The summed E-state index contributed by atoms with van der Waals surface area (Å²) < 4.78 is 39.0. The van der Waals surface area contributed by atoms with Gasteiger partial charge >= 0.3 is 6.18 Å². The molecule has 0 aliphatic heterocycles. The van der Waals surface area contributed by atoms with Crippen molar-refractivity contribution in [3.05, 3.63) is 35.2 Å². The Morgan fingerprint density at radius 3 is 2.76 bits per heavy atom. The number of fused-ring (bicyclic) bond motifs is 3. The van der Waals surface area contributed by atoms with Crippen molar-refractivity contribution in [2.24, 2.45) is 0 Å². The van der Waals surface area contributed by atoms with E-state index in [1.165, 1.54) is 0 Å². The highest BCUT2D eigenvalue weighted by atomic mass is 32.1. The molecular formula is C14H12F3N3S. The van der Waals surface area contributed by atoms with Crippen LogP contribution in [-0.4, -0.2) is 20.7 Å². The van der Waals surface area contributed by atoms with Crippen molar-refractivity contribution in [1.29, 1.82) is 0 Å². The normalized spacial score (nSPS) is 12.3. The maximum absolute atomic E-state index is 12.3. The predicted octanol–water partition coefficient (Wildman–Crippen LogP) is 4.59. The minimum atomic E-state index is -4.14. The number of aromatic nitrogens is 3. The topological polar surface area (TPSA) is 33.6 Å². The van der Waals surface area contributed by atoms with Gasteiger partial charge in [0.05, 0.1) is 22.7 Å². The van der Waals surface area contributed by atoms with Crippen LogP contribution < -0.4 is 0 Å². The van der Waals surface area contributed by atoms with E-state index in [-0.39, 0.29) is 13.0 Å². The lowest BCUT2D eigenvalue weighted by molar-refractivity contribution is -0.135. The van der Waals surface area contributed by atoms with Gasteiger partial charge in [-0.1, -0.05) is 18.2 Å². The fraction of sp³-hybridized carbons (Fsp3) is 0.286. The van der Waals surface area contributed by atoms with Crippen LogP contribution in [0.25, 0.3) is 21.9 Å². The fourth-order valence-electron chi connectivity index (χ4n) is 2.44. The molecular weight excluding hydrogens is 299 g/mol. The van der Waals surface area contributed by atoms with Crippen molar-refractivity contribution < 1.29 is 13.2 Å². The Morgan fingerprint density at radius 1 is 1.24 bits per heavy atom. The first-order chi connectivity index (χ1) is 9.96. The summed E-state index contributed by atoms with van der Waals surface area (Å²) in [4.78, 5) is 7.31. The summed E-state index contributed by atoms with van der Waals surface area (Å²) in [5.74, 6) is 0. The van der Waals surface area contributed by atoms with E-state index < -0.39 is 12.6 Å². The van der Waals surface area contributed by atoms with Gasteiger partial charge in [0, 0.05) is 18.4 Å². The second-order valence-corrected chi connectivity index (χ2v) is 5.22. The number of alkyl halides is 3. The van der Waals surface area contributed by atoms with Crippen LogP contribution in [0, 0.1) is 4.77 Å².